The molecule has 0 spiro atoms. The number of hydrogen-bond donors (Lipinski definition) is 0. The lowest BCUT2D eigenvalue weighted by atomic mass is 9.89. The lowest BCUT2D eigenvalue weighted by Gasteiger charge is -2.33. The first-order chi connectivity index (χ1) is 16.2. The van der Waals surface area contributed by atoms with Gasteiger partial charge in [-0.05, 0) is 62.2 Å². The maximum absolute atomic E-state index is 5.07. The average molecular weight is 432 g/mol. The van der Waals surface area contributed by atoms with Gasteiger partial charge in [0.05, 0.1) is 40.7 Å². The van der Waals surface area contributed by atoms with Crippen molar-refractivity contribution in [2.24, 2.45) is 20.9 Å². The molecule has 1 fully saturated rings. The molecule has 3 aliphatic rings. The monoisotopic (exact) mass is 431 g/mol. The molecule has 0 bridgehead atoms. The Hall–Kier alpha value is -3.86. The number of aryl methyl sites for hydroxylation is 1. The first-order valence-corrected chi connectivity index (χ1v) is 11.5. The lowest BCUT2D eigenvalue weighted by Crippen LogP contribution is -2.32. The Kier molecular flexibility index (Phi) is 4.95. The fourth-order valence-corrected chi connectivity index (χ4v) is 4.34. The van der Waals surface area contributed by atoms with E-state index in [0.29, 0.717) is 6.04 Å². The van der Waals surface area contributed by atoms with Crippen LogP contribution in [0.5, 0.6) is 0 Å². The van der Waals surface area contributed by atoms with Crippen molar-refractivity contribution in [2.75, 3.05) is 4.90 Å². The SMILES string of the molecule is Cc1ccc(N=C2CC3C=Nc4ccccc4N(c4ccccc4)C3=CC2=NC2CC2)cn1. The van der Waals surface area contributed by atoms with Gasteiger partial charge in [-0.15, -0.1) is 0 Å². The zero-order valence-corrected chi connectivity index (χ0v) is 18.6. The second-order valence-corrected chi connectivity index (χ2v) is 8.78. The van der Waals surface area contributed by atoms with Crippen molar-refractivity contribution in [1.82, 2.24) is 4.98 Å². The van der Waals surface area contributed by atoms with Gasteiger partial charge < -0.3 is 4.90 Å². The molecule has 0 radical (unpaired) electrons. The Labute approximate surface area is 194 Å². The van der Waals surface area contributed by atoms with Crippen LogP contribution in [0.25, 0.3) is 0 Å². The van der Waals surface area contributed by atoms with E-state index in [-0.39, 0.29) is 5.92 Å². The van der Waals surface area contributed by atoms with Crippen LogP contribution in [0.4, 0.5) is 22.7 Å². The highest BCUT2D eigenvalue weighted by Crippen LogP contribution is 2.43. The number of anilines is 2. The van der Waals surface area contributed by atoms with Gasteiger partial charge >= 0.3 is 0 Å². The van der Waals surface area contributed by atoms with Gasteiger partial charge in [-0.3, -0.25) is 15.0 Å². The standard InChI is InChI=1S/C28H25N5/c1-19-11-12-22(18-29-19)32-25-15-20-17-30-24-9-5-6-10-27(24)33(23-7-3-2-4-8-23)28(20)16-26(25)31-21-13-14-21/h2-12,16-18,20-21H,13-15H2,1H3. The van der Waals surface area contributed by atoms with Crippen LogP contribution in [-0.4, -0.2) is 28.7 Å². The molecule has 0 saturated heterocycles. The molecule has 6 rings (SSSR count). The summed E-state index contributed by atoms with van der Waals surface area (Å²) in [6, 6.07) is 23.3. The minimum atomic E-state index is 0.105. The zero-order valence-electron chi connectivity index (χ0n) is 18.6. The molecule has 0 N–H and O–H groups in total. The largest absolute Gasteiger partial charge is 0.311 e. The minimum absolute atomic E-state index is 0.105. The molecule has 2 heterocycles. The maximum Gasteiger partial charge on any atom is 0.0866 e. The van der Waals surface area contributed by atoms with E-state index in [1.54, 1.807) is 0 Å². The molecular formula is C28H25N5. The number of aromatic nitrogens is 1. The van der Waals surface area contributed by atoms with Gasteiger partial charge in [-0.25, -0.2) is 4.99 Å². The van der Waals surface area contributed by atoms with Crippen molar-refractivity contribution in [3.05, 3.63) is 90.4 Å². The molecule has 2 aliphatic carbocycles. The van der Waals surface area contributed by atoms with E-state index in [1.807, 2.05) is 31.3 Å². The highest BCUT2D eigenvalue weighted by molar-refractivity contribution is 6.48. The van der Waals surface area contributed by atoms with Gasteiger partial charge in [0.15, 0.2) is 0 Å². The quantitative estimate of drug-likeness (QED) is 0.474. The van der Waals surface area contributed by atoms with Crippen LogP contribution in [0.15, 0.2) is 99.7 Å². The molecule has 5 nitrogen and oxygen atoms in total. The van der Waals surface area contributed by atoms with Crippen LogP contribution < -0.4 is 4.90 Å². The van der Waals surface area contributed by atoms with Gasteiger partial charge in [-0.2, -0.15) is 0 Å². The number of para-hydroxylation sites is 3. The Balaban J connectivity index is 1.51. The molecule has 1 unspecified atom stereocenters. The summed E-state index contributed by atoms with van der Waals surface area (Å²) in [6.07, 6.45) is 9.21. The van der Waals surface area contributed by atoms with Crippen molar-refractivity contribution in [3.63, 3.8) is 0 Å². The topological polar surface area (TPSA) is 53.2 Å². The van der Waals surface area contributed by atoms with Crippen molar-refractivity contribution >= 4 is 40.4 Å². The Morgan fingerprint density at radius 1 is 0.939 bits per heavy atom. The average Bonchev–Trinajstić information content (AvgIpc) is 3.68. The first kappa shape index (κ1) is 19.8. The van der Waals surface area contributed by atoms with Crippen molar-refractivity contribution in [3.8, 4) is 0 Å². The van der Waals surface area contributed by atoms with Crippen LogP contribution in [0.2, 0.25) is 0 Å². The minimum Gasteiger partial charge on any atom is -0.311 e. The van der Waals surface area contributed by atoms with E-state index < -0.39 is 0 Å². The second kappa shape index (κ2) is 8.24. The highest BCUT2D eigenvalue weighted by Gasteiger charge is 2.33. The molecule has 1 aromatic heterocycles. The van der Waals surface area contributed by atoms with Crippen LogP contribution >= 0.6 is 0 Å². The number of nitrogens with zero attached hydrogens (tertiary/aromatic N) is 5. The van der Waals surface area contributed by atoms with E-state index >= 15 is 0 Å². The zero-order chi connectivity index (χ0) is 22.2. The number of aliphatic imine (C=N–C) groups is 3. The molecule has 1 saturated carbocycles. The smallest absolute Gasteiger partial charge is 0.0866 e. The summed E-state index contributed by atoms with van der Waals surface area (Å²) >= 11 is 0. The number of fused-ring (bicyclic) bond motifs is 2. The summed E-state index contributed by atoms with van der Waals surface area (Å²) in [4.78, 5) is 21.7. The number of allylic oxidation sites excluding steroid dienone is 2. The third kappa shape index (κ3) is 4.02. The third-order valence-electron chi connectivity index (χ3n) is 6.19. The molecule has 1 aliphatic heterocycles. The normalized spacial score (nSPS) is 22.0. The first-order valence-electron chi connectivity index (χ1n) is 11.5. The number of pyridine rings is 1. The molecule has 5 heteroatoms. The van der Waals surface area contributed by atoms with Crippen molar-refractivity contribution < 1.29 is 0 Å². The molecular weight excluding hydrogens is 406 g/mol. The summed E-state index contributed by atoms with van der Waals surface area (Å²) in [5.41, 5.74) is 8.22. The van der Waals surface area contributed by atoms with Gasteiger partial charge in [-0.1, -0.05) is 30.3 Å². The summed E-state index contributed by atoms with van der Waals surface area (Å²) < 4.78 is 0. The highest BCUT2D eigenvalue weighted by atomic mass is 15.2. The van der Waals surface area contributed by atoms with E-state index in [2.05, 4.69) is 70.7 Å². The van der Waals surface area contributed by atoms with Crippen LogP contribution in [0.3, 0.4) is 0 Å². The van der Waals surface area contributed by atoms with Gasteiger partial charge in [0.1, 0.15) is 0 Å². The number of hydrogen-bond acceptors (Lipinski definition) is 5. The fourth-order valence-electron chi connectivity index (χ4n) is 4.34. The molecule has 162 valence electrons. The molecule has 0 amide bonds. The van der Waals surface area contributed by atoms with Crippen molar-refractivity contribution in [1.29, 1.82) is 0 Å². The van der Waals surface area contributed by atoms with E-state index in [4.69, 9.17) is 15.0 Å². The Morgan fingerprint density at radius 3 is 2.55 bits per heavy atom. The van der Waals surface area contributed by atoms with Gasteiger partial charge in [0, 0.05) is 35.6 Å². The van der Waals surface area contributed by atoms with Gasteiger partial charge in [0.25, 0.3) is 0 Å². The number of benzene rings is 2. The van der Waals surface area contributed by atoms with Crippen molar-refractivity contribution in [2.45, 2.75) is 32.2 Å². The van der Waals surface area contributed by atoms with E-state index in [0.717, 1.165) is 59.1 Å². The third-order valence-corrected chi connectivity index (χ3v) is 6.19. The summed E-state index contributed by atoms with van der Waals surface area (Å²) in [5, 5.41) is 0. The molecule has 33 heavy (non-hydrogen) atoms. The molecule has 2 aromatic carbocycles. The van der Waals surface area contributed by atoms with Crippen LogP contribution in [0.1, 0.15) is 25.0 Å². The lowest BCUT2D eigenvalue weighted by molar-refractivity contribution is 0.833. The molecule has 3 aromatic rings. The second-order valence-electron chi connectivity index (χ2n) is 8.78. The van der Waals surface area contributed by atoms with Gasteiger partial charge in [0.2, 0.25) is 0 Å². The van der Waals surface area contributed by atoms with Crippen LogP contribution in [-0.2, 0) is 0 Å². The number of rotatable bonds is 3. The summed E-state index contributed by atoms with van der Waals surface area (Å²) in [7, 11) is 0. The van der Waals surface area contributed by atoms with E-state index in [1.165, 1.54) is 5.70 Å². The fraction of sp³-hybridized carbons (Fsp3) is 0.214. The van der Waals surface area contributed by atoms with Crippen LogP contribution in [0, 0.1) is 12.8 Å². The van der Waals surface area contributed by atoms with E-state index in [9.17, 15) is 0 Å². The maximum atomic E-state index is 5.07. The Morgan fingerprint density at radius 2 is 1.76 bits per heavy atom. The predicted molar refractivity (Wildman–Crippen MR) is 136 cm³/mol. The summed E-state index contributed by atoms with van der Waals surface area (Å²) in [6.45, 7) is 1.99. The summed E-state index contributed by atoms with van der Waals surface area (Å²) in [5.74, 6) is 0.105. The molecule has 1 atom stereocenters. The Bertz CT molecular complexity index is 1300. The predicted octanol–water partition coefficient (Wildman–Crippen LogP) is 6.52.